The first-order chi connectivity index (χ1) is 12.2. The number of hydrogen-bond acceptors (Lipinski definition) is 5. The first-order valence-electron chi connectivity index (χ1n) is 8.44. The summed E-state index contributed by atoms with van der Waals surface area (Å²) in [5, 5.41) is 6.31. The molecular formula is C19H25ClN2O3S. The number of thiophene rings is 1. The van der Waals surface area contributed by atoms with Gasteiger partial charge in [0.2, 0.25) is 0 Å². The summed E-state index contributed by atoms with van der Waals surface area (Å²) in [5.41, 5.74) is 0.455. The predicted molar refractivity (Wildman–Crippen MR) is 107 cm³/mol. The number of benzene rings is 1. The topological polar surface area (TPSA) is 59.6 Å². The highest BCUT2D eigenvalue weighted by atomic mass is 35.5. The summed E-state index contributed by atoms with van der Waals surface area (Å²) in [7, 11) is 3.29. The molecule has 0 bridgehead atoms. The van der Waals surface area contributed by atoms with Gasteiger partial charge in [0, 0.05) is 16.9 Å². The number of carbonyl (C=O) groups excluding carboxylic acids is 1. The van der Waals surface area contributed by atoms with Crippen molar-refractivity contribution in [2.75, 3.05) is 27.3 Å². The van der Waals surface area contributed by atoms with Crippen LogP contribution in [0.15, 0.2) is 36.4 Å². The predicted octanol–water partition coefficient (Wildman–Crippen LogP) is 3.23. The SMILES string of the molecule is COc1ccc(-c2ccc(CNC(=O)C3(OC)CCNCC3)s2)cc1.Cl. The molecule has 1 fully saturated rings. The number of methoxy groups -OCH3 is 2. The van der Waals surface area contributed by atoms with Crippen molar-refractivity contribution in [3.63, 3.8) is 0 Å². The minimum atomic E-state index is -0.693. The zero-order valence-corrected chi connectivity index (χ0v) is 16.7. The second-order valence-corrected chi connectivity index (χ2v) is 7.29. The van der Waals surface area contributed by atoms with Crippen molar-refractivity contribution in [2.45, 2.75) is 25.0 Å². The molecule has 3 rings (SSSR count). The molecule has 1 aliphatic rings. The van der Waals surface area contributed by atoms with Crippen molar-refractivity contribution < 1.29 is 14.3 Å². The van der Waals surface area contributed by atoms with E-state index in [0.717, 1.165) is 29.3 Å². The molecule has 2 heterocycles. The van der Waals surface area contributed by atoms with E-state index in [-0.39, 0.29) is 18.3 Å². The molecule has 7 heteroatoms. The Kier molecular flexibility index (Phi) is 7.46. The Hall–Kier alpha value is -1.60. The third kappa shape index (κ3) is 4.57. The fourth-order valence-electron chi connectivity index (χ4n) is 3.07. The van der Waals surface area contributed by atoms with E-state index in [9.17, 15) is 4.79 Å². The number of piperidine rings is 1. The second kappa shape index (κ2) is 9.37. The number of ether oxygens (including phenoxy) is 2. The minimum absolute atomic E-state index is 0. The van der Waals surface area contributed by atoms with E-state index >= 15 is 0 Å². The van der Waals surface area contributed by atoms with Crippen molar-refractivity contribution in [3.05, 3.63) is 41.3 Å². The Labute approximate surface area is 164 Å². The van der Waals surface area contributed by atoms with Crippen molar-refractivity contribution in [2.24, 2.45) is 0 Å². The van der Waals surface area contributed by atoms with Crippen LogP contribution in [0.3, 0.4) is 0 Å². The van der Waals surface area contributed by atoms with Crippen LogP contribution in [-0.4, -0.2) is 38.8 Å². The molecule has 2 N–H and O–H groups in total. The van der Waals surface area contributed by atoms with Gasteiger partial charge in [-0.05, 0) is 67.9 Å². The first kappa shape index (κ1) is 20.7. The Morgan fingerprint density at radius 2 is 1.85 bits per heavy atom. The maximum atomic E-state index is 12.6. The van der Waals surface area contributed by atoms with E-state index in [1.54, 1.807) is 25.6 Å². The smallest absolute Gasteiger partial charge is 0.252 e. The molecule has 142 valence electrons. The summed E-state index contributed by atoms with van der Waals surface area (Å²) < 4.78 is 10.8. The van der Waals surface area contributed by atoms with Crippen molar-refractivity contribution in [1.82, 2.24) is 10.6 Å². The summed E-state index contributed by atoms with van der Waals surface area (Å²) in [6, 6.07) is 12.1. The molecule has 1 saturated heterocycles. The Morgan fingerprint density at radius 3 is 2.46 bits per heavy atom. The summed E-state index contributed by atoms with van der Waals surface area (Å²) in [6.45, 7) is 2.14. The van der Waals surface area contributed by atoms with Crippen LogP contribution in [0, 0.1) is 0 Å². The Balaban J connectivity index is 0.00000243. The van der Waals surface area contributed by atoms with Gasteiger partial charge in [0.15, 0.2) is 0 Å². The van der Waals surface area contributed by atoms with E-state index in [4.69, 9.17) is 9.47 Å². The molecule has 0 aliphatic carbocycles. The number of nitrogens with one attached hydrogen (secondary N) is 2. The molecule has 0 spiro atoms. The average molecular weight is 397 g/mol. The highest BCUT2D eigenvalue weighted by Gasteiger charge is 2.39. The number of carbonyl (C=O) groups is 1. The summed E-state index contributed by atoms with van der Waals surface area (Å²) in [5.74, 6) is 0.829. The van der Waals surface area contributed by atoms with E-state index in [1.807, 2.05) is 24.3 Å². The fraction of sp³-hybridized carbons (Fsp3) is 0.421. The van der Waals surface area contributed by atoms with Crippen LogP contribution in [0.25, 0.3) is 10.4 Å². The molecule has 0 unspecified atom stereocenters. The molecule has 1 aliphatic heterocycles. The van der Waals surface area contributed by atoms with E-state index in [2.05, 4.69) is 22.8 Å². The van der Waals surface area contributed by atoms with E-state index < -0.39 is 5.60 Å². The number of hydrogen-bond donors (Lipinski definition) is 2. The summed E-state index contributed by atoms with van der Waals surface area (Å²) in [4.78, 5) is 14.9. The van der Waals surface area contributed by atoms with Crippen molar-refractivity contribution in [3.8, 4) is 16.2 Å². The third-order valence-electron chi connectivity index (χ3n) is 4.68. The lowest BCUT2D eigenvalue weighted by Gasteiger charge is -2.34. The van der Waals surface area contributed by atoms with Gasteiger partial charge in [0.25, 0.3) is 5.91 Å². The van der Waals surface area contributed by atoms with Crippen molar-refractivity contribution >= 4 is 29.7 Å². The van der Waals surface area contributed by atoms with Gasteiger partial charge in [-0.3, -0.25) is 4.79 Å². The van der Waals surface area contributed by atoms with Crippen LogP contribution >= 0.6 is 23.7 Å². The molecule has 5 nitrogen and oxygen atoms in total. The lowest BCUT2D eigenvalue weighted by molar-refractivity contribution is -0.146. The van der Waals surface area contributed by atoms with Gasteiger partial charge < -0.3 is 20.1 Å². The fourth-order valence-corrected chi connectivity index (χ4v) is 4.02. The van der Waals surface area contributed by atoms with Crippen LogP contribution < -0.4 is 15.4 Å². The van der Waals surface area contributed by atoms with Crippen molar-refractivity contribution in [1.29, 1.82) is 0 Å². The van der Waals surface area contributed by atoms with Gasteiger partial charge in [-0.15, -0.1) is 23.7 Å². The Bertz CT molecular complexity index is 712. The zero-order chi connectivity index (χ0) is 17.7. The van der Waals surface area contributed by atoms with E-state index in [1.165, 1.54) is 4.88 Å². The summed E-state index contributed by atoms with van der Waals surface area (Å²) >= 11 is 1.69. The molecule has 1 aromatic heterocycles. The highest BCUT2D eigenvalue weighted by Crippen LogP contribution is 2.30. The average Bonchev–Trinajstić information content (AvgIpc) is 3.15. The Morgan fingerprint density at radius 1 is 1.15 bits per heavy atom. The maximum absolute atomic E-state index is 12.6. The largest absolute Gasteiger partial charge is 0.497 e. The molecule has 0 radical (unpaired) electrons. The molecule has 0 saturated carbocycles. The normalized spacial score (nSPS) is 15.8. The molecule has 1 aromatic carbocycles. The van der Waals surface area contributed by atoms with Crippen LogP contribution in [0.5, 0.6) is 5.75 Å². The third-order valence-corrected chi connectivity index (χ3v) is 5.81. The zero-order valence-electron chi connectivity index (χ0n) is 15.0. The van der Waals surface area contributed by atoms with Crippen LogP contribution in [0.1, 0.15) is 17.7 Å². The monoisotopic (exact) mass is 396 g/mol. The first-order valence-corrected chi connectivity index (χ1v) is 9.26. The summed E-state index contributed by atoms with van der Waals surface area (Å²) in [6.07, 6.45) is 1.41. The number of halogens is 1. The van der Waals surface area contributed by atoms with Crippen LogP contribution in [0.2, 0.25) is 0 Å². The van der Waals surface area contributed by atoms with Gasteiger partial charge in [-0.25, -0.2) is 0 Å². The molecule has 0 atom stereocenters. The standard InChI is InChI=1S/C19H24N2O3S.ClH/c1-23-15-5-3-14(4-6-15)17-8-7-16(25-17)13-21-18(22)19(24-2)9-11-20-12-10-19;/h3-8,20H,9-13H2,1-2H3,(H,21,22);1H. The minimum Gasteiger partial charge on any atom is -0.497 e. The highest BCUT2D eigenvalue weighted by molar-refractivity contribution is 7.15. The molecule has 1 amide bonds. The lowest BCUT2D eigenvalue weighted by Crippen LogP contribution is -2.53. The maximum Gasteiger partial charge on any atom is 0.252 e. The number of rotatable bonds is 6. The van der Waals surface area contributed by atoms with Crippen LogP contribution in [-0.2, 0) is 16.1 Å². The number of amides is 1. The van der Waals surface area contributed by atoms with Crippen LogP contribution in [0.4, 0.5) is 0 Å². The quantitative estimate of drug-likeness (QED) is 0.787. The molecule has 2 aromatic rings. The van der Waals surface area contributed by atoms with Gasteiger partial charge in [0.05, 0.1) is 13.7 Å². The van der Waals surface area contributed by atoms with Gasteiger partial charge >= 0.3 is 0 Å². The second-order valence-electron chi connectivity index (χ2n) is 6.13. The lowest BCUT2D eigenvalue weighted by atomic mass is 9.91. The molecule has 26 heavy (non-hydrogen) atoms. The van der Waals surface area contributed by atoms with Gasteiger partial charge in [-0.2, -0.15) is 0 Å². The molecular weight excluding hydrogens is 372 g/mol. The van der Waals surface area contributed by atoms with Gasteiger partial charge in [0.1, 0.15) is 11.4 Å². The van der Waals surface area contributed by atoms with E-state index in [0.29, 0.717) is 19.4 Å². The van der Waals surface area contributed by atoms with Gasteiger partial charge in [-0.1, -0.05) is 0 Å².